The fourth-order valence-corrected chi connectivity index (χ4v) is 9.72. The molecule has 54 heavy (non-hydrogen) atoms. The lowest BCUT2D eigenvalue weighted by Gasteiger charge is -2.40. The minimum absolute atomic E-state index is 0.0477. The normalized spacial score (nSPS) is 25.4. The maximum Gasteiger partial charge on any atom is 0.262 e. The summed E-state index contributed by atoms with van der Waals surface area (Å²) in [6.45, 7) is 4.56. The summed E-state index contributed by atoms with van der Waals surface area (Å²) in [6.07, 6.45) is 6.15. The quantitative estimate of drug-likeness (QED) is 0.364. The van der Waals surface area contributed by atoms with Crippen LogP contribution in [0.2, 0.25) is 0 Å². The summed E-state index contributed by atoms with van der Waals surface area (Å²) >= 11 is 0. The zero-order valence-corrected chi connectivity index (χ0v) is 30.3. The van der Waals surface area contributed by atoms with Crippen LogP contribution in [0.5, 0.6) is 5.75 Å². The molecule has 0 saturated carbocycles. The molecule has 5 amide bonds. The van der Waals surface area contributed by atoms with Gasteiger partial charge >= 0.3 is 0 Å². The van der Waals surface area contributed by atoms with Gasteiger partial charge in [0.1, 0.15) is 17.9 Å². The maximum atomic E-state index is 13.6. The topological polar surface area (TPSA) is 143 Å². The molecule has 4 saturated heterocycles. The first-order valence-electron chi connectivity index (χ1n) is 19.1. The average molecular weight is 727 g/mol. The van der Waals surface area contributed by atoms with Gasteiger partial charge in [0.2, 0.25) is 11.8 Å². The highest BCUT2D eigenvalue weighted by atomic mass is 16.5. The van der Waals surface area contributed by atoms with E-state index in [1.165, 1.54) is 0 Å². The Balaban J connectivity index is 0.784. The van der Waals surface area contributed by atoms with Crippen molar-refractivity contribution in [3.8, 4) is 11.8 Å². The number of likely N-dealkylation sites (tertiary alicyclic amines) is 1. The first-order valence-corrected chi connectivity index (χ1v) is 19.1. The van der Waals surface area contributed by atoms with Gasteiger partial charge in [-0.3, -0.25) is 39.1 Å². The van der Waals surface area contributed by atoms with Gasteiger partial charge in [0.15, 0.2) is 0 Å². The summed E-state index contributed by atoms with van der Waals surface area (Å²) < 4.78 is 6.39. The van der Waals surface area contributed by atoms with Crippen molar-refractivity contribution >= 4 is 35.2 Å². The molecule has 2 bridgehead atoms. The molecule has 0 radical (unpaired) electrons. The second kappa shape index (κ2) is 13.4. The second-order valence-electron chi connectivity index (χ2n) is 15.7. The van der Waals surface area contributed by atoms with Gasteiger partial charge in [-0.2, -0.15) is 5.26 Å². The van der Waals surface area contributed by atoms with E-state index in [0.717, 1.165) is 71.6 Å². The van der Waals surface area contributed by atoms with Crippen LogP contribution in [0, 0.1) is 18.3 Å². The summed E-state index contributed by atoms with van der Waals surface area (Å²) in [5, 5.41) is 11.5. The molecular weight excluding hydrogens is 684 g/mol. The number of rotatable bonds is 6. The van der Waals surface area contributed by atoms with Crippen LogP contribution in [0.1, 0.15) is 105 Å². The van der Waals surface area contributed by atoms with E-state index in [2.05, 4.69) is 33.3 Å². The zero-order chi connectivity index (χ0) is 37.2. The van der Waals surface area contributed by atoms with Gasteiger partial charge in [-0.15, -0.1) is 0 Å². The molecule has 1 N–H and O–H groups in total. The van der Waals surface area contributed by atoms with Gasteiger partial charge in [0.25, 0.3) is 17.7 Å². The van der Waals surface area contributed by atoms with Crippen molar-refractivity contribution in [2.24, 2.45) is 0 Å². The number of ether oxygens (including phenoxy) is 1. The molecule has 0 aliphatic carbocycles. The minimum Gasteiger partial charge on any atom is -0.490 e. The fraction of sp³-hybridized carbons (Fsp3) is 0.429. The maximum absolute atomic E-state index is 13.6. The lowest BCUT2D eigenvalue weighted by Crippen LogP contribution is -2.54. The number of nitrogens with one attached hydrogen (secondary N) is 1. The number of amides is 5. The number of carbonyl (C=O) groups is 5. The van der Waals surface area contributed by atoms with Gasteiger partial charge in [-0.25, -0.2) is 0 Å². The number of nitriles is 1. The Morgan fingerprint density at radius 3 is 2.06 bits per heavy atom. The molecule has 4 fully saturated rings. The number of piperidine rings is 3. The van der Waals surface area contributed by atoms with Crippen molar-refractivity contribution in [1.82, 2.24) is 20.0 Å². The Labute approximate surface area is 313 Å². The molecule has 6 heterocycles. The van der Waals surface area contributed by atoms with E-state index in [4.69, 9.17) is 4.74 Å². The molecular formula is C42H42N6O6. The SMILES string of the molecule is Cc1cc(OC2CC3CCC(C2)N3c2ccc(C(=O)N3CCC(N4Cc5cc6c(cc5C4)C(=O)N(C4CCC(=O)NC4=O)C6=O)CC3)cc2)ccc1C#N. The van der Waals surface area contributed by atoms with Gasteiger partial charge < -0.3 is 14.5 Å². The lowest BCUT2D eigenvalue weighted by molar-refractivity contribution is -0.136. The molecule has 12 heteroatoms. The van der Waals surface area contributed by atoms with E-state index < -0.39 is 29.7 Å². The van der Waals surface area contributed by atoms with Crippen LogP contribution in [0.4, 0.5) is 5.69 Å². The molecule has 12 nitrogen and oxygen atoms in total. The number of hydrogen-bond acceptors (Lipinski definition) is 9. The van der Waals surface area contributed by atoms with Gasteiger partial charge in [0.05, 0.1) is 22.8 Å². The summed E-state index contributed by atoms with van der Waals surface area (Å²) in [6, 6.07) is 19.7. The van der Waals surface area contributed by atoms with E-state index in [1.54, 1.807) is 12.1 Å². The lowest BCUT2D eigenvalue weighted by atomic mass is 9.98. The van der Waals surface area contributed by atoms with Crippen molar-refractivity contribution in [2.45, 2.75) is 102 Å². The summed E-state index contributed by atoms with van der Waals surface area (Å²) in [5.74, 6) is -1.10. The van der Waals surface area contributed by atoms with Crippen LogP contribution < -0.4 is 15.0 Å². The minimum atomic E-state index is -0.974. The van der Waals surface area contributed by atoms with Gasteiger partial charge in [-0.05, 0) is 110 Å². The van der Waals surface area contributed by atoms with E-state index in [-0.39, 0.29) is 30.9 Å². The third kappa shape index (κ3) is 5.91. The largest absolute Gasteiger partial charge is 0.490 e. The predicted octanol–water partition coefficient (Wildman–Crippen LogP) is 4.47. The van der Waals surface area contributed by atoms with E-state index >= 15 is 0 Å². The molecule has 3 unspecified atom stereocenters. The third-order valence-electron chi connectivity index (χ3n) is 12.5. The Bertz CT molecular complexity index is 2080. The van der Waals surface area contributed by atoms with Crippen molar-refractivity contribution in [3.63, 3.8) is 0 Å². The Morgan fingerprint density at radius 2 is 1.46 bits per heavy atom. The number of aryl methyl sites for hydroxylation is 1. The van der Waals surface area contributed by atoms with Crippen LogP contribution in [-0.2, 0) is 22.7 Å². The van der Waals surface area contributed by atoms with Crippen molar-refractivity contribution < 1.29 is 28.7 Å². The van der Waals surface area contributed by atoms with Crippen LogP contribution in [0.15, 0.2) is 54.6 Å². The summed E-state index contributed by atoms with van der Waals surface area (Å²) in [5.41, 5.74) is 6.09. The van der Waals surface area contributed by atoms with E-state index in [9.17, 15) is 29.2 Å². The number of benzene rings is 3. The highest BCUT2D eigenvalue weighted by Crippen LogP contribution is 2.41. The number of carbonyl (C=O) groups excluding carboxylic acids is 5. The molecule has 3 atom stereocenters. The molecule has 6 aliphatic rings. The first kappa shape index (κ1) is 34.2. The molecule has 6 aliphatic heterocycles. The van der Waals surface area contributed by atoms with Gasteiger partial charge in [-0.1, -0.05) is 0 Å². The number of imide groups is 2. The van der Waals surface area contributed by atoms with Crippen LogP contribution in [0.3, 0.4) is 0 Å². The Hall–Kier alpha value is -5.54. The van der Waals surface area contributed by atoms with Crippen molar-refractivity contribution in [1.29, 1.82) is 5.26 Å². The average Bonchev–Trinajstić information content (AvgIpc) is 3.79. The van der Waals surface area contributed by atoms with E-state index in [0.29, 0.717) is 60.5 Å². The molecule has 3 aromatic carbocycles. The van der Waals surface area contributed by atoms with Crippen LogP contribution >= 0.6 is 0 Å². The summed E-state index contributed by atoms with van der Waals surface area (Å²) in [4.78, 5) is 72.2. The highest BCUT2D eigenvalue weighted by molar-refractivity contribution is 6.23. The zero-order valence-electron chi connectivity index (χ0n) is 30.3. The van der Waals surface area contributed by atoms with Gasteiger partial charge in [0, 0.05) is 74.8 Å². The van der Waals surface area contributed by atoms with Crippen LogP contribution in [0.25, 0.3) is 0 Å². The highest BCUT2D eigenvalue weighted by Gasteiger charge is 2.46. The molecule has 0 spiro atoms. The number of nitrogens with zero attached hydrogens (tertiary/aromatic N) is 5. The second-order valence-corrected chi connectivity index (χ2v) is 15.7. The van der Waals surface area contributed by atoms with Crippen molar-refractivity contribution in [2.75, 3.05) is 18.0 Å². The predicted molar refractivity (Wildman–Crippen MR) is 197 cm³/mol. The Kier molecular flexibility index (Phi) is 8.49. The monoisotopic (exact) mass is 726 g/mol. The molecule has 3 aromatic rings. The molecule has 276 valence electrons. The molecule has 0 aromatic heterocycles. The number of hydrogen-bond donors (Lipinski definition) is 1. The first-order chi connectivity index (χ1) is 26.1. The van der Waals surface area contributed by atoms with Crippen molar-refractivity contribution in [3.05, 3.63) is 93.5 Å². The van der Waals surface area contributed by atoms with Crippen LogP contribution in [-0.4, -0.2) is 87.6 Å². The standard InChI is InChI=1S/C42H42N6O6/c1-24-16-33(9-4-26(24)21-43)54-34-19-31-7-8-32(20-34)47(31)30-5-2-25(3-6-30)40(51)45-14-12-29(13-15-45)46-22-27-17-35-36(18-28(27)23-46)42(53)48(41(35)52)37-10-11-38(49)44-39(37)50/h2-6,9,16-18,29,31-32,34,37H,7-8,10-15,19-20,22-23H2,1H3,(H,44,49,50). The van der Waals surface area contributed by atoms with E-state index in [1.807, 2.05) is 42.2 Å². The molecule has 9 rings (SSSR count). The Morgan fingerprint density at radius 1 is 0.815 bits per heavy atom. The number of fused-ring (bicyclic) bond motifs is 4. The smallest absolute Gasteiger partial charge is 0.262 e. The summed E-state index contributed by atoms with van der Waals surface area (Å²) in [7, 11) is 0. The number of anilines is 1. The fourth-order valence-electron chi connectivity index (χ4n) is 9.72. The third-order valence-corrected chi connectivity index (χ3v) is 12.5.